The van der Waals surface area contributed by atoms with E-state index in [-0.39, 0.29) is 0 Å². The molecule has 1 saturated carbocycles. The summed E-state index contributed by atoms with van der Waals surface area (Å²) < 4.78 is 0. The van der Waals surface area contributed by atoms with E-state index in [4.69, 9.17) is 0 Å². The smallest absolute Gasteiger partial charge is 0.0186 e. The molecule has 1 heterocycles. The van der Waals surface area contributed by atoms with Gasteiger partial charge < -0.3 is 5.32 Å². The van der Waals surface area contributed by atoms with Crippen LogP contribution in [0.1, 0.15) is 52.9 Å². The van der Waals surface area contributed by atoms with Gasteiger partial charge in [0.05, 0.1) is 0 Å². The monoisotopic (exact) mass is 241 g/mol. The Hall–Kier alpha value is 0.310. The van der Waals surface area contributed by atoms with Crippen molar-refractivity contribution in [1.29, 1.82) is 0 Å². The Labute approximate surface area is 105 Å². The molecule has 2 fully saturated rings. The van der Waals surface area contributed by atoms with E-state index in [0.29, 0.717) is 0 Å². The van der Waals surface area contributed by atoms with Crippen molar-refractivity contribution in [3.63, 3.8) is 0 Å². The van der Waals surface area contributed by atoms with Crippen molar-refractivity contribution < 1.29 is 0 Å². The second-order valence-electron chi connectivity index (χ2n) is 6.11. The van der Waals surface area contributed by atoms with Gasteiger partial charge in [0.15, 0.2) is 0 Å². The zero-order valence-corrected chi connectivity index (χ0v) is 11.9. The standard InChI is InChI=1S/C14H27NS/c1-10-7-11(2)9-13(8-10)15-14-5-4-6-16-12(14)3/h10-15H,4-9H2,1-3H3. The highest BCUT2D eigenvalue weighted by Gasteiger charge is 2.28. The van der Waals surface area contributed by atoms with Crippen LogP contribution in [0.5, 0.6) is 0 Å². The molecule has 0 aromatic carbocycles. The van der Waals surface area contributed by atoms with Gasteiger partial charge in [0.25, 0.3) is 0 Å². The van der Waals surface area contributed by atoms with E-state index >= 15 is 0 Å². The summed E-state index contributed by atoms with van der Waals surface area (Å²) in [6.07, 6.45) is 7.04. The van der Waals surface area contributed by atoms with Crippen LogP contribution in [-0.2, 0) is 0 Å². The van der Waals surface area contributed by atoms with E-state index in [1.165, 1.54) is 37.9 Å². The van der Waals surface area contributed by atoms with Crippen molar-refractivity contribution in [2.45, 2.75) is 70.2 Å². The Morgan fingerprint density at radius 1 is 1.00 bits per heavy atom. The maximum atomic E-state index is 3.95. The average molecular weight is 241 g/mol. The molecule has 16 heavy (non-hydrogen) atoms. The molecule has 1 aliphatic carbocycles. The van der Waals surface area contributed by atoms with Crippen LogP contribution in [0.3, 0.4) is 0 Å². The number of hydrogen-bond donors (Lipinski definition) is 1. The SMILES string of the molecule is CC1CC(C)CC(NC2CCCSC2C)C1. The first-order valence-corrected chi connectivity index (χ1v) is 8.07. The summed E-state index contributed by atoms with van der Waals surface area (Å²) in [7, 11) is 0. The van der Waals surface area contributed by atoms with E-state index in [0.717, 1.165) is 29.2 Å². The second-order valence-corrected chi connectivity index (χ2v) is 7.59. The molecule has 0 aromatic heterocycles. The van der Waals surface area contributed by atoms with E-state index in [1.807, 2.05) is 0 Å². The molecule has 0 aromatic rings. The highest BCUT2D eigenvalue weighted by Crippen LogP contribution is 2.31. The Morgan fingerprint density at radius 3 is 2.31 bits per heavy atom. The van der Waals surface area contributed by atoms with E-state index in [1.54, 1.807) is 0 Å². The van der Waals surface area contributed by atoms with Crippen molar-refractivity contribution >= 4 is 11.8 Å². The van der Waals surface area contributed by atoms with Crippen molar-refractivity contribution in [1.82, 2.24) is 5.32 Å². The zero-order chi connectivity index (χ0) is 11.5. The first kappa shape index (κ1) is 12.8. The van der Waals surface area contributed by atoms with Crippen molar-refractivity contribution in [3.05, 3.63) is 0 Å². The predicted molar refractivity (Wildman–Crippen MR) is 74.0 cm³/mol. The third-order valence-electron chi connectivity index (χ3n) is 4.24. The van der Waals surface area contributed by atoms with Gasteiger partial charge in [-0.05, 0) is 49.7 Å². The summed E-state index contributed by atoms with van der Waals surface area (Å²) in [5, 5.41) is 4.77. The summed E-state index contributed by atoms with van der Waals surface area (Å²) >= 11 is 2.15. The molecule has 1 saturated heterocycles. The van der Waals surface area contributed by atoms with Crippen LogP contribution < -0.4 is 5.32 Å². The fraction of sp³-hybridized carbons (Fsp3) is 1.00. The van der Waals surface area contributed by atoms with Gasteiger partial charge in [0.1, 0.15) is 0 Å². The van der Waals surface area contributed by atoms with Crippen LogP contribution in [0.25, 0.3) is 0 Å². The van der Waals surface area contributed by atoms with E-state index < -0.39 is 0 Å². The molecule has 0 radical (unpaired) electrons. The molecule has 1 nitrogen and oxygen atoms in total. The minimum absolute atomic E-state index is 0.779. The fourth-order valence-corrected chi connectivity index (χ4v) is 4.68. The average Bonchev–Trinajstić information content (AvgIpc) is 2.20. The topological polar surface area (TPSA) is 12.0 Å². The molecule has 4 unspecified atom stereocenters. The Bertz CT molecular complexity index is 209. The largest absolute Gasteiger partial charge is 0.310 e. The van der Waals surface area contributed by atoms with Gasteiger partial charge in [0, 0.05) is 17.3 Å². The van der Waals surface area contributed by atoms with Gasteiger partial charge >= 0.3 is 0 Å². The highest BCUT2D eigenvalue weighted by atomic mass is 32.2. The Morgan fingerprint density at radius 2 is 1.69 bits per heavy atom. The lowest BCUT2D eigenvalue weighted by atomic mass is 9.80. The molecule has 1 aliphatic heterocycles. The third kappa shape index (κ3) is 3.40. The van der Waals surface area contributed by atoms with Crippen LogP contribution in [0.4, 0.5) is 0 Å². The first-order valence-electron chi connectivity index (χ1n) is 7.02. The molecule has 0 spiro atoms. The van der Waals surface area contributed by atoms with Crippen molar-refractivity contribution in [3.8, 4) is 0 Å². The molecule has 2 rings (SSSR count). The molecule has 0 amide bonds. The van der Waals surface area contributed by atoms with Crippen molar-refractivity contribution in [2.24, 2.45) is 11.8 Å². The molecular weight excluding hydrogens is 214 g/mol. The lowest BCUT2D eigenvalue weighted by molar-refractivity contribution is 0.221. The zero-order valence-electron chi connectivity index (χ0n) is 11.0. The van der Waals surface area contributed by atoms with Crippen LogP contribution in [0, 0.1) is 11.8 Å². The third-order valence-corrected chi connectivity index (χ3v) is 5.61. The lowest BCUT2D eigenvalue weighted by Gasteiger charge is -2.38. The molecule has 1 N–H and O–H groups in total. The minimum atomic E-state index is 0.779. The van der Waals surface area contributed by atoms with Gasteiger partial charge in [-0.25, -0.2) is 0 Å². The van der Waals surface area contributed by atoms with Crippen LogP contribution in [-0.4, -0.2) is 23.1 Å². The summed E-state index contributed by atoms with van der Waals surface area (Å²) in [6, 6.07) is 1.58. The number of rotatable bonds is 2. The predicted octanol–water partition coefficient (Wildman–Crippen LogP) is 3.68. The quantitative estimate of drug-likeness (QED) is 0.791. The highest BCUT2D eigenvalue weighted by molar-refractivity contribution is 7.99. The van der Waals surface area contributed by atoms with E-state index in [2.05, 4.69) is 37.8 Å². The maximum absolute atomic E-state index is 3.95. The van der Waals surface area contributed by atoms with Gasteiger partial charge in [0.2, 0.25) is 0 Å². The molecule has 0 bridgehead atoms. The number of thioether (sulfide) groups is 1. The second kappa shape index (κ2) is 5.77. The van der Waals surface area contributed by atoms with Gasteiger partial charge in [-0.1, -0.05) is 20.8 Å². The molecule has 2 aliphatic rings. The first-order chi connectivity index (χ1) is 7.65. The summed E-state index contributed by atoms with van der Waals surface area (Å²) in [6.45, 7) is 7.24. The van der Waals surface area contributed by atoms with Gasteiger partial charge in [-0.2, -0.15) is 11.8 Å². The normalized spacial score (nSPS) is 45.6. The van der Waals surface area contributed by atoms with Crippen molar-refractivity contribution in [2.75, 3.05) is 5.75 Å². The lowest BCUT2D eigenvalue weighted by Crippen LogP contribution is -2.47. The minimum Gasteiger partial charge on any atom is -0.310 e. The van der Waals surface area contributed by atoms with Crippen LogP contribution in [0.15, 0.2) is 0 Å². The van der Waals surface area contributed by atoms with Crippen LogP contribution in [0.2, 0.25) is 0 Å². The molecule has 2 heteroatoms. The van der Waals surface area contributed by atoms with E-state index in [9.17, 15) is 0 Å². The molecular formula is C14H27NS. The van der Waals surface area contributed by atoms with Gasteiger partial charge in [-0.3, -0.25) is 0 Å². The summed E-state index contributed by atoms with van der Waals surface area (Å²) in [4.78, 5) is 0. The fourth-order valence-electron chi connectivity index (χ4n) is 3.53. The molecule has 4 atom stereocenters. The van der Waals surface area contributed by atoms with Crippen LogP contribution >= 0.6 is 11.8 Å². The molecule has 94 valence electrons. The Kier molecular flexibility index (Phi) is 4.60. The van der Waals surface area contributed by atoms with Gasteiger partial charge in [-0.15, -0.1) is 0 Å². The number of hydrogen-bond acceptors (Lipinski definition) is 2. The Balaban J connectivity index is 1.83. The summed E-state index contributed by atoms with van der Waals surface area (Å²) in [5.74, 6) is 3.22. The summed E-state index contributed by atoms with van der Waals surface area (Å²) in [5.41, 5.74) is 0. The number of nitrogens with one attached hydrogen (secondary N) is 1. The maximum Gasteiger partial charge on any atom is 0.0186 e.